The summed E-state index contributed by atoms with van der Waals surface area (Å²) >= 11 is 11.7. The molecule has 0 amide bonds. The first-order chi connectivity index (χ1) is 25.0. The summed E-state index contributed by atoms with van der Waals surface area (Å²) < 4.78 is 23.1. The Morgan fingerprint density at radius 3 is 1.25 bits per heavy atom. The van der Waals surface area contributed by atoms with Crippen LogP contribution in [0.3, 0.4) is 0 Å². The first kappa shape index (κ1) is 41.9. The summed E-state index contributed by atoms with van der Waals surface area (Å²) in [5.41, 5.74) is 1.94. The third-order valence-corrected chi connectivity index (χ3v) is 8.42. The van der Waals surface area contributed by atoms with Gasteiger partial charge >= 0.3 is 0 Å². The van der Waals surface area contributed by atoms with Gasteiger partial charge in [0.05, 0.1) is 47.4 Å². The van der Waals surface area contributed by atoms with Crippen molar-refractivity contribution in [2.75, 3.05) is 75.6 Å². The van der Waals surface area contributed by atoms with Gasteiger partial charge in [0, 0.05) is 75.0 Å². The van der Waals surface area contributed by atoms with Gasteiger partial charge in [0.1, 0.15) is 11.5 Å². The predicted octanol–water partition coefficient (Wildman–Crippen LogP) is 7.67. The second-order valence-electron chi connectivity index (χ2n) is 11.4. The number of non-ortho nitro benzene ring substituents is 2. The van der Waals surface area contributed by atoms with Crippen molar-refractivity contribution in [1.29, 1.82) is 0 Å². The monoisotopic (exact) mass is 762 g/mol. The standard InChI is InChI=1S/C36H44Cl2N4O10/c1-3-39(27-9-13-29(14-10-27)41(45)46)17-23-49-19-5-7-21-51-33-25-32(36(38)44)34(26-31(33)35(37)43)52-22-8-6-20-50-24-18-40(4-2)28-11-15-30(16-12-28)42(47)48/h9-16,25-26H,3-8,17-24H2,1-2H3. The van der Waals surface area contributed by atoms with E-state index in [0.717, 1.165) is 24.5 Å². The lowest BCUT2D eigenvalue weighted by molar-refractivity contribution is -0.385. The average molecular weight is 764 g/mol. The molecule has 16 heteroatoms. The van der Waals surface area contributed by atoms with E-state index in [0.29, 0.717) is 65.2 Å². The number of hydrogen-bond acceptors (Lipinski definition) is 12. The molecule has 0 unspecified atom stereocenters. The van der Waals surface area contributed by atoms with E-state index in [1.165, 1.54) is 36.4 Å². The number of benzene rings is 3. The second-order valence-corrected chi connectivity index (χ2v) is 12.1. The van der Waals surface area contributed by atoms with E-state index in [2.05, 4.69) is 9.80 Å². The minimum absolute atomic E-state index is 0.0429. The summed E-state index contributed by atoms with van der Waals surface area (Å²) in [7, 11) is 0. The van der Waals surface area contributed by atoms with Crippen LogP contribution in [0.15, 0.2) is 60.7 Å². The number of nitrogens with zero attached hydrogens (tertiary/aromatic N) is 4. The molecule has 0 saturated heterocycles. The molecule has 14 nitrogen and oxygen atoms in total. The number of anilines is 2. The van der Waals surface area contributed by atoms with E-state index in [4.69, 9.17) is 42.1 Å². The van der Waals surface area contributed by atoms with Crippen LogP contribution in [0.25, 0.3) is 0 Å². The van der Waals surface area contributed by atoms with Crippen molar-refractivity contribution >= 4 is 56.4 Å². The first-order valence-corrected chi connectivity index (χ1v) is 17.8. The number of nitro benzene ring substituents is 2. The molecule has 3 aromatic carbocycles. The zero-order valence-electron chi connectivity index (χ0n) is 29.3. The van der Waals surface area contributed by atoms with Gasteiger partial charge in [-0.3, -0.25) is 29.8 Å². The highest BCUT2D eigenvalue weighted by Crippen LogP contribution is 2.32. The first-order valence-electron chi connectivity index (χ1n) is 17.0. The molecule has 0 saturated carbocycles. The van der Waals surface area contributed by atoms with Gasteiger partial charge in [0.2, 0.25) is 0 Å². The Hall–Kier alpha value is -4.50. The highest BCUT2D eigenvalue weighted by Gasteiger charge is 2.20. The molecule has 0 aliphatic carbocycles. The van der Waals surface area contributed by atoms with Crippen LogP contribution < -0.4 is 19.3 Å². The minimum Gasteiger partial charge on any atom is -0.493 e. The molecule has 52 heavy (non-hydrogen) atoms. The average Bonchev–Trinajstić information content (AvgIpc) is 3.13. The van der Waals surface area contributed by atoms with Gasteiger partial charge in [-0.15, -0.1) is 0 Å². The molecule has 0 N–H and O–H groups in total. The molecule has 3 rings (SSSR count). The van der Waals surface area contributed by atoms with Crippen LogP contribution in [0.2, 0.25) is 0 Å². The number of hydrogen-bond donors (Lipinski definition) is 0. The Balaban J connectivity index is 1.37. The lowest BCUT2D eigenvalue weighted by Gasteiger charge is -2.22. The maximum atomic E-state index is 12.2. The highest BCUT2D eigenvalue weighted by molar-refractivity contribution is 6.69. The molecular formula is C36H44Cl2N4O10. The van der Waals surface area contributed by atoms with Crippen LogP contribution in [0.5, 0.6) is 11.5 Å². The Morgan fingerprint density at radius 2 is 0.942 bits per heavy atom. The third kappa shape index (κ3) is 13.6. The minimum atomic E-state index is -0.770. The fraction of sp³-hybridized carbons (Fsp3) is 0.444. The van der Waals surface area contributed by atoms with Crippen molar-refractivity contribution in [2.45, 2.75) is 39.5 Å². The van der Waals surface area contributed by atoms with Gasteiger partial charge in [-0.2, -0.15) is 0 Å². The van der Waals surface area contributed by atoms with Crippen molar-refractivity contribution in [3.05, 3.63) is 92.0 Å². The molecule has 282 valence electrons. The smallest absolute Gasteiger partial charge is 0.269 e. The number of carbonyl (C=O) groups excluding carboxylic acids is 2. The lowest BCUT2D eigenvalue weighted by Crippen LogP contribution is -2.27. The number of unbranched alkanes of at least 4 members (excludes halogenated alkanes) is 2. The Kier molecular flexibility index (Phi) is 18.1. The molecule has 0 atom stereocenters. The van der Waals surface area contributed by atoms with Crippen LogP contribution in [-0.2, 0) is 9.47 Å². The van der Waals surface area contributed by atoms with E-state index in [9.17, 15) is 29.8 Å². The van der Waals surface area contributed by atoms with Gasteiger partial charge < -0.3 is 28.7 Å². The van der Waals surface area contributed by atoms with Crippen LogP contribution in [0.1, 0.15) is 60.2 Å². The summed E-state index contributed by atoms with van der Waals surface area (Å²) in [6.45, 7) is 9.04. The van der Waals surface area contributed by atoms with Crippen LogP contribution in [0.4, 0.5) is 22.7 Å². The SMILES string of the molecule is CCN(CCOCCCCOc1cc(C(=O)Cl)c(OCCCCOCCN(CC)c2ccc([N+](=O)[O-])cc2)cc1C(=O)Cl)c1ccc([N+](=O)[O-])cc1. The maximum absolute atomic E-state index is 12.2. The van der Waals surface area contributed by atoms with Crippen molar-refractivity contribution < 1.29 is 38.4 Å². The van der Waals surface area contributed by atoms with Gasteiger partial charge in [0.15, 0.2) is 0 Å². The molecule has 0 bridgehead atoms. The molecule has 0 aliphatic heterocycles. The molecule has 0 heterocycles. The summed E-state index contributed by atoms with van der Waals surface area (Å²) in [6, 6.07) is 15.5. The van der Waals surface area contributed by atoms with E-state index in [1.54, 1.807) is 24.3 Å². The largest absolute Gasteiger partial charge is 0.493 e. The Morgan fingerprint density at radius 1 is 0.596 bits per heavy atom. The van der Waals surface area contributed by atoms with Crippen LogP contribution in [-0.4, -0.2) is 86.2 Å². The lowest BCUT2D eigenvalue weighted by atomic mass is 10.1. The molecule has 0 radical (unpaired) electrons. The normalized spacial score (nSPS) is 10.8. The predicted molar refractivity (Wildman–Crippen MR) is 200 cm³/mol. The zero-order chi connectivity index (χ0) is 37.9. The second kappa shape index (κ2) is 22.4. The molecule has 0 spiro atoms. The number of rotatable bonds is 26. The molecule has 0 aromatic heterocycles. The number of carbonyl (C=O) groups is 2. The Bertz CT molecular complexity index is 1490. The molecule has 0 aliphatic rings. The summed E-state index contributed by atoms with van der Waals surface area (Å²) in [6.07, 6.45) is 2.56. The fourth-order valence-corrected chi connectivity index (χ4v) is 5.44. The van der Waals surface area contributed by atoms with Gasteiger partial charge in [-0.05, 0) is 99.1 Å². The van der Waals surface area contributed by atoms with Gasteiger partial charge in [-0.1, -0.05) is 0 Å². The van der Waals surface area contributed by atoms with Crippen molar-refractivity contribution in [3.63, 3.8) is 0 Å². The molecule has 0 fully saturated rings. The van der Waals surface area contributed by atoms with Crippen LogP contribution >= 0.6 is 23.2 Å². The van der Waals surface area contributed by atoms with E-state index >= 15 is 0 Å². The summed E-state index contributed by atoms with van der Waals surface area (Å²) in [4.78, 5) is 49.5. The van der Waals surface area contributed by atoms with E-state index in [-0.39, 0.29) is 47.2 Å². The summed E-state index contributed by atoms with van der Waals surface area (Å²) in [5, 5.41) is 20.2. The topological polar surface area (TPSA) is 164 Å². The quantitative estimate of drug-likeness (QED) is 0.0340. The Labute approximate surface area is 312 Å². The maximum Gasteiger partial charge on any atom is 0.269 e. The number of nitro groups is 2. The highest BCUT2D eigenvalue weighted by atomic mass is 35.5. The third-order valence-electron chi connectivity index (χ3n) is 8.01. The van der Waals surface area contributed by atoms with Crippen molar-refractivity contribution in [2.24, 2.45) is 0 Å². The van der Waals surface area contributed by atoms with E-state index < -0.39 is 20.3 Å². The van der Waals surface area contributed by atoms with Gasteiger partial charge in [-0.25, -0.2) is 0 Å². The van der Waals surface area contributed by atoms with Crippen molar-refractivity contribution in [1.82, 2.24) is 0 Å². The molecule has 3 aromatic rings. The fourth-order valence-electron chi connectivity index (χ4n) is 5.15. The van der Waals surface area contributed by atoms with Gasteiger partial charge in [0.25, 0.3) is 21.9 Å². The number of halogens is 2. The zero-order valence-corrected chi connectivity index (χ0v) is 30.8. The van der Waals surface area contributed by atoms with Crippen LogP contribution in [0, 0.1) is 20.2 Å². The van der Waals surface area contributed by atoms with Crippen molar-refractivity contribution in [3.8, 4) is 11.5 Å². The number of likely N-dealkylation sites (N-methyl/N-ethyl adjacent to an activating group) is 2. The molecular weight excluding hydrogens is 719 g/mol. The summed E-state index contributed by atoms with van der Waals surface area (Å²) in [5.74, 6) is 0.254. The van der Waals surface area contributed by atoms with E-state index in [1.807, 2.05) is 13.8 Å². The number of ether oxygens (including phenoxy) is 4.